The SMILES string of the molecule is CCCCCCCCCC(=O)N[C@H](CCc1ccccc1)CN1CCCC1. The van der Waals surface area contributed by atoms with Gasteiger partial charge in [0.05, 0.1) is 0 Å². The van der Waals surface area contributed by atoms with Crippen LogP contribution in [-0.4, -0.2) is 36.5 Å². The van der Waals surface area contributed by atoms with Crippen molar-refractivity contribution in [2.75, 3.05) is 19.6 Å². The molecule has 0 spiro atoms. The topological polar surface area (TPSA) is 32.3 Å². The molecule has 2 rings (SSSR count). The molecule has 1 saturated heterocycles. The van der Waals surface area contributed by atoms with Crippen molar-refractivity contribution < 1.29 is 4.79 Å². The lowest BCUT2D eigenvalue weighted by Gasteiger charge is -2.24. The van der Waals surface area contributed by atoms with Gasteiger partial charge in [0.2, 0.25) is 5.91 Å². The number of aryl methyl sites for hydroxylation is 1. The Morgan fingerprint density at radius 3 is 2.37 bits per heavy atom. The van der Waals surface area contributed by atoms with E-state index in [0.717, 1.165) is 25.8 Å². The molecule has 1 aliphatic heterocycles. The number of benzene rings is 1. The first-order valence-electron chi connectivity index (χ1n) is 11.3. The summed E-state index contributed by atoms with van der Waals surface area (Å²) in [6.45, 7) is 5.64. The third-order valence-corrected chi connectivity index (χ3v) is 5.67. The second kappa shape index (κ2) is 13.8. The number of hydrogen-bond acceptors (Lipinski definition) is 2. The van der Waals surface area contributed by atoms with Crippen LogP contribution >= 0.6 is 0 Å². The van der Waals surface area contributed by atoms with Crippen LogP contribution < -0.4 is 5.32 Å². The smallest absolute Gasteiger partial charge is 0.220 e. The molecule has 1 N–H and O–H groups in total. The Kier molecular flexibility index (Phi) is 11.2. The van der Waals surface area contributed by atoms with Gasteiger partial charge in [-0.25, -0.2) is 0 Å². The van der Waals surface area contributed by atoms with E-state index in [0.29, 0.717) is 6.42 Å². The van der Waals surface area contributed by atoms with Gasteiger partial charge in [-0.15, -0.1) is 0 Å². The third-order valence-electron chi connectivity index (χ3n) is 5.67. The standard InChI is InChI=1S/C24H40N2O/c1-2-3-4-5-6-7-11-16-24(27)25-23(21-26-19-12-13-20-26)18-17-22-14-9-8-10-15-22/h8-10,14-15,23H,2-7,11-13,16-21H2,1H3,(H,25,27)/t23-/m1/s1. The van der Waals surface area contributed by atoms with Crippen molar-refractivity contribution in [1.29, 1.82) is 0 Å². The lowest BCUT2D eigenvalue weighted by Crippen LogP contribution is -2.43. The van der Waals surface area contributed by atoms with Crippen LogP contribution in [0, 0.1) is 0 Å². The molecule has 0 bridgehead atoms. The number of nitrogens with zero attached hydrogens (tertiary/aromatic N) is 1. The third kappa shape index (κ3) is 9.95. The first kappa shape index (κ1) is 21.9. The number of carbonyl (C=O) groups excluding carboxylic acids is 1. The van der Waals surface area contributed by atoms with Crippen molar-refractivity contribution >= 4 is 5.91 Å². The van der Waals surface area contributed by atoms with Gasteiger partial charge in [-0.2, -0.15) is 0 Å². The lowest BCUT2D eigenvalue weighted by atomic mass is 10.0. The van der Waals surface area contributed by atoms with E-state index in [9.17, 15) is 4.79 Å². The molecule has 0 unspecified atom stereocenters. The Hall–Kier alpha value is -1.35. The monoisotopic (exact) mass is 372 g/mol. The number of carbonyl (C=O) groups is 1. The molecule has 1 aliphatic rings. The van der Waals surface area contributed by atoms with Gasteiger partial charge in [0.15, 0.2) is 0 Å². The largest absolute Gasteiger partial charge is 0.352 e. The van der Waals surface area contributed by atoms with Gasteiger partial charge in [0.25, 0.3) is 0 Å². The Morgan fingerprint density at radius 2 is 1.67 bits per heavy atom. The molecule has 3 heteroatoms. The number of nitrogens with one attached hydrogen (secondary N) is 1. The lowest BCUT2D eigenvalue weighted by molar-refractivity contribution is -0.122. The Balaban J connectivity index is 1.68. The summed E-state index contributed by atoms with van der Waals surface area (Å²) in [6.07, 6.45) is 14.2. The number of likely N-dealkylation sites (tertiary alicyclic amines) is 1. The fourth-order valence-electron chi connectivity index (χ4n) is 4.01. The molecule has 0 aromatic heterocycles. The number of hydrogen-bond donors (Lipinski definition) is 1. The van der Waals surface area contributed by atoms with Crippen LogP contribution in [0.4, 0.5) is 0 Å². The van der Waals surface area contributed by atoms with E-state index < -0.39 is 0 Å². The zero-order valence-corrected chi connectivity index (χ0v) is 17.4. The summed E-state index contributed by atoms with van der Waals surface area (Å²) in [4.78, 5) is 15.0. The summed E-state index contributed by atoms with van der Waals surface area (Å²) in [5.41, 5.74) is 1.37. The maximum Gasteiger partial charge on any atom is 0.220 e. The molecule has 1 fully saturated rings. The Labute approximate surface area is 166 Å². The maximum atomic E-state index is 12.4. The van der Waals surface area contributed by atoms with Gasteiger partial charge in [0, 0.05) is 19.0 Å². The summed E-state index contributed by atoms with van der Waals surface area (Å²) in [5, 5.41) is 3.34. The van der Waals surface area contributed by atoms with Crippen molar-refractivity contribution in [3.63, 3.8) is 0 Å². The predicted octanol–water partition coefficient (Wildman–Crippen LogP) is 5.34. The fourth-order valence-corrected chi connectivity index (χ4v) is 4.01. The molecule has 1 amide bonds. The summed E-state index contributed by atoms with van der Waals surface area (Å²) in [5.74, 6) is 0.251. The summed E-state index contributed by atoms with van der Waals surface area (Å²) in [7, 11) is 0. The van der Waals surface area contributed by atoms with Crippen molar-refractivity contribution in [2.24, 2.45) is 0 Å². The van der Waals surface area contributed by atoms with E-state index in [4.69, 9.17) is 0 Å². The van der Waals surface area contributed by atoms with Crippen LogP contribution in [0.5, 0.6) is 0 Å². The second-order valence-corrected chi connectivity index (χ2v) is 8.17. The zero-order valence-electron chi connectivity index (χ0n) is 17.4. The number of rotatable bonds is 14. The normalized spacial score (nSPS) is 15.7. The van der Waals surface area contributed by atoms with Gasteiger partial charge in [-0.1, -0.05) is 75.8 Å². The van der Waals surface area contributed by atoms with Gasteiger partial charge >= 0.3 is 0 Å². The fraction of sp³-hybridized carbons (Fsp3) is 0.708. The molecule has 27 heavy (non-hydrogen) atoms. The van der Waals surface area contributed by atoms with Crippen molar-refractivity contribution in [2.45, 2.75) is 90.0 Å². The maximum absolute atomic E-state index is 12.4. The van der Waals surface area contributed by atoms with Crippen LogP contribution in [0.15, 0.2) is 30.3 Å². The van der Waals surface area contributed by atoms with Crippen molar-refractivity contribution in [3.05, 3.63) is 35.9 Å². The van der Waals surface area contributed by atoms with Crippen LogP contribution in [0.25, 0.3) is 0 Å². The molecule has 1 aromatic carbocycles. The van der Waals surface area contributed by atoms with Gasteiger partial charge in [-0.3, -0.25) is 4.79 Å². The van der Waals surface area contributed by atoms with Crippen LogP contribution in [0.3, 0.4) is 0 Å². The minimum atomic E-state index is 0.251. The summed E-state index contributed by atoms with van der Waals surface area (Å²) < 4.78 is 0. The molecule has 0 radical (unpaired) electrons. The Morgan fingerprint density at radius 1 is 1.00 bits per heavy atom. The highest BCUT2D eigenvalue weighted by atomic mass is 16.1. The van der Waals surface area contributed by atoms with E-state index in [1.165, 1.54) is 70.0 Å². The minimum Gasteiger partial charge on any atom is -0.352 e. The second-order valence-electron chi connectivity index (χ2n) is 8.17. The summed E-state index contributed by atoms with van der Waals surface area (Å²) in [6, 6.07) is 10.9. The highest BCUT2D eigenvalue weighted by molar-refractivity contribution is 5.76. The molecule has 3 nitrogen and oxygen atoms in total. The highest BCUT2D eigenvalue weighted by Gasteiger charge is 2.19. The average molecular weight is 373 g/mol. The predicted molar refractivity (Wildman–Crippen MR) is 115 cm³/mol. The highest BCUT2D eigenvalue weighted by Crippen LogP contribution is 2.12. The van der Waals surface area contributed by atoms with Gasteiger partial charge < -0.3 is 10.2 Å². The van der Waals surface area contributed by atoms with E-state index >= 15 is 0 Å². The molecule has 1 aromatic rings. The van der Waals surface area contributed by atoms with Gasteiger partial charge in [-0.05, 0) is 50.8 Å². The first-order chi connectivity index (χ1) is 13.3. The van der Waals surface area contributed by atoms with E-state index in [-0.39, 0.29) is 11.9 Å². The van der Waals surface area contributed by atoms with Gasteiger partial charge in [0.1, 0.15) is 0 Å². The van der Waals surface area contributed by atoms with E-state index in [2.05, 4.69) is 47.5 Å². The molecule has 1 atom stereocenters. The van der Waals surface area contributed by atoms with E-state index in [1.54, 1.807) is 0 Å². The quantitative estimate of drug-likeness (QED) is 0.447. The summed E-state index contributed by atoms with van der Waals surface area (Å²) >= 11 is 0. The van der Waals surface area contributed by atoms with Crippen LogP contribution in [-0.2, 0) is 11.2 Å². The van der Waals surface area contributed by atoms with Crippen LogP contribution in [0.1, 0.15) is 83.1 Å². The van der Waals surface area contributed by atoms with Crippen molar-refractivity contribution in [1.82, 2.24) is 10.2 Å². The Bertz CT molecular complexity index is 496. The molecular weight excluding hydrogens is 332 g/mol. The number of unbranched alkanes of at least 4 members (excludes halogenated alkanes) is 6. The molecule has 0 aliphatic carbocycles. The molecule has 1 heterocycles. The minimum absolute atomic E-state index is 0.251. The molecule has 0 saturated carbocycles. The molecular formula is C24H40N2O. The van der Waals surface area contributed by atoms with Crippen molar-refractivity contribution in [3.8, 4) is 0 Å². The van der Waals surface area contributed by atoms with E-state index in [1.807, 2.05) is 0 Å². The van der Waals surface area contributed by atoms with Crippen LogP contribution in [0.2, 0.25) is 0 Å². The number of amides is 1. The zero-order chi connectivity index (χ0) is 19.2. The average Bonchev–Trinajstić information content (AvgIpc) is 3.19. The molecule has 152 valence electrons. The first-order valence-corrected chi connectivity index (χ1v) is 11.3.